The van der Waals surface area contributed by atoms with Gasteiger partial charge in [0, 0.05) is 26.7 Å². The van der Waals surface area contributed by atoms with E-state index in [1.54, 1.807) is 4.90 Å². The number of amides is 1. The number of carbonyl (C=O) groups excluding carboxylic acids is 1. The van der Waals surface area contributed by atoms with E-state index in [1.807, 2.05) is 31.3 Å². The van der Waals surface area contributed by atoms with E-state index in [0.717, 1.165) is 30.6 Å². The molecule has 0 spiro atoms. The van der Waals surface area contributed by atoms with Crippen molar-refractivity contribution in [1.29, 1.82) is 0 Å². The zero-order chi connectivity index (χ0) is 13.7. The van der Waals surface area contributed by atoms with Gasteiger partial charge in [-0.1, -0.05) is 24.3 Å². The van der Waals surface area contributed by atoms with Crippen molar-refractivity contribution < 1.29 is 9.53 Å². The SMILES string of the molecule is CN(Cc1ccc(CN)cc1)C(=O)C1CCCOC1. The van der Waals surface area contributed by atoms with E-state index in [2.05, 4.69) is 0 Å². The molecule has 0 aromatic heterocycles. The maximum Gasteiger partial charge on any atom is 0.228 e. The van der Waals surface area contributed by atoms with Crippen molar-refractivity contribution in [2.24, 2.45) is 11.7 Å². The van der Waals surface area contributed by atoms with Crippen LogP contribution in [0, 0.1) is 5.92 Å². The number of hydrogen-bond donors (Lipinski definition) is 1. The minimum atomic E-state index is 0.0297. The second-order valence-corrected chi connectivity index (χ2v) is 5.13. The molecule has 1 atom stereocenters. The molecule has 0 saturated carbocycles. The molecule has 2 N–H and O–H groups in total. The minimum absolute atomic E-state index is 0.0297. The predicted octanol–water partition coefficient (Wildman–Crippen LogP) is 1.53. The number of hydrogen-bond acceptors (Lipinski definition) is 3. The van der Waals surface area contributed by atoms with Gasteiger partial charge in [0.05, 0.1) is 12.5 Å². The molecule has 1 aliphatic rings. The van der Waals surface area contributed by atoms with Crippen molar-refractivity contribution in [2.45, 2.75) is 25.9 Å². The number of nitrogens with two attached hydrogens (primary N) is 1. The number of nitrogens with zero attached hydrogens (tertiary/aromatic N) is 1. The van der Waals surface area contributed by atoms with Gasteiger partial charge in [-0.05, 0) is 24.0 Å². The third-order valence-electron chi connectivity index (χ3n) is 3.56. The summed E-state index contributed by atoms with van der Waals surface area (Å²) in [7, 11) is 1.85. The molecule has 1 aliphatic heterocycles. The van der Waals surface area contributed by atoms with E-state index >= 15 is 0 Å². The minimum Gasteiger partial charge on any atom is -0.381 e. The Hall–Kier alpha value is -1.39. The first-order valence-corrected chi connectivity index (χ1v) is 6.81. The molecule has 0 radical (unpaired) electrons. The van der Waals surface area contributed by atoms with Gasteiger partial charge in [-0.2, -0.15) is 0 Å². The highest BCUT2D eigenvalue weighted by atomic mass is 16.5. The van der Waals surface area contributed by atoms with E-state index in [0.29, 0.717) is 19.7 Å². The van der Waals surface area contributed by atoms with Crippen LogP contribution in [0.4, 0.5) is 0 Å². The average Bonchev–Trinajstić information content (AvgIpc) is 2.48. The highest BCUT2D eigenvalue weighted by molar-refractivity contribution is 5.78. The number of carbonyl (C=O) groups is 1. The third-order valence-corrected chi connectivity index (χ3v) is 3.56. The lowest BCUT2D eigenvalue weighted by molar-refractivity contribution is -0.138. The van der Waals surface area contributed by atoms with Crippen LogP contribution >= 0.6 is 0 Å². The Morgan fingerprint density at radius 2 is 2.05 bits per heavy atom. The average molecular weight is 262 g/mol. The largest absolute Gasteiger partial charge is 0.381 e. The van der Waals surface area contributed by atoms with Gasteiger partial charge in [0.1, 0.15) is 0 Å². The predicted molar refractivity (Wildman–Crippen MR) is 74.4 cm³/mol. The Morgan fingerprint density at radius 3 is 2.63 bits per heavy atom. The molecule has 1 fully saturated rings. The molecule has 4 nitrogen and oxygen atoms in total. The Labute approximate surface area is 114 Å². The monoisotopic (exact) mass is 262 g/mol. The summed E-state index contributed by atoms with van der Waals surface area (Å²) in [5, 5.41) is 0. The Balaban J connectivity index is 1.91. The van der Waals surface area contributed by atoms with Crippen LogP contribution in [0.15, 0.2) is 24.3 Å². The topological polar surface area (TPSA) is 55.6 Å². The first-order chi connectivity index (χ1) is 9.20. The van der Waals surface area contributed by atoms with Crippen molar-refractivity contribution in [1.82, 2.24) is 4.90 Å². The second kappa shape index (κ2) is 6.68. The van der Waals surface area contributed by atoms with Crippen LogP contribution < -0.4 is 5.73 Å². The Morgan fingerprint density at radius 1 is 1.37 bits per heavy atom. The van der Waals surface area contributed by atoms with Crippen molar-refractivity contribution in [2.75, 3.05) is 20.3 Å². The smallest absolute Gasteiger partial charge is 0.228 e. The summed E-state index contributed by atoms with van der Waals surface area (Å²) >= 11 is 0. The molecular weight excluding hydrogens is 240 g/mol. The van der Waals surface area contributed by atoms with E-state index in [1.165, 1.54) is 0 Å². The molecule has 1 amide bonds. The van der Waals surface area contributed by atoms with Gasteiger partial charge in [-0.3, -0.25) is 4.79 Å². The maximum atomic E-state index is 12.3. The first kappa shape index (κ1) is 14.0. The summed E-state index contributed by atoms with van der Waals surface area (Å²) in [6, 6.07) is 8.08. The molecule has 1 unspecified atom stereocenters. The lowest BCUT2D eigenvalue weighted by Crippen LogP contribution is -2.36. The summed E-state index contributed by atoms with van der Waals surface area (Å²) in [6.07, 6.45) is 1.92. The molecular formula is C15H22N2O2. The molecule has 19 heavy (non-hydrogen) atoms. The summed E-state index contributed by atoms with van der Waals surface area (Å²) < 4.78 is 5.37. The zero-order valence-corrected chi connectivity index (χ0v) is 11.5. The van der Waals surface area contributed by atoms with E-state index < -0.39 is 0 Å². The lowest BCUT2D eigenvalue weighted by atomic mass is 10.0. The Bertz CT molecular complexity index is 411. The quantitative estimate of drug-likeness (QED) is 0.895. The van der Waals surface area contributed by atoms with Crippen LogP contribution in [-0.2, 0) is 22.6 Å². The molecule has 104 valence electrons. The second-order valence-electron chi connectivity index (χ2n) is 5.13. The fraction of sp³-hybridized carbons (Fsp3) is 0.533. The van der Waals surface area contributed by atoms with Gasteiger partial charge in [-0.25, -0.2) is 0 Å². The Kier molecular flexibility index (Phi) is 4.93. The highest BCUT2D eigenvalue weighted by Gasteiger charge is 2.24. The van der Waals surface area contributed by atoms with E-state index in [4.69, 9.17) is 10.5 Å². The zero-order valence-electron chi connectivity index (χ0n) is 11.5. The summed E-state index contributed by atoms with van der Waals surface area (Å²) in [5.41, 5.74) is 7.81. The number of ether oxygens (including phenoxy) is 1. The first-order valence-electron chi connectivity index (χ1n) is 6.81. The van der Waals surface area contributed by atoms with Crippen molar-refractivity contribution in [3.8, 4) is 0 Å². The standard InChI is InChI=1S/C15H22N2O2/c1-17(15(18)14-3-2-8-19-11-14)10-13-6-4-12(9-16)5-7-13/h4-7,14H,2-3,8-11,16H2,1H3. The fourth-order valence-electron chi connectivity index (χ4n) is 2.38. The molecule has 4 heteroatoms. The van der Waals surface area contributed by atoms with Crippen LogP contribution in [0.3, 0.4) is 0 Å². The maximum absolute atomic E-state index is 12.3. The van der Waals surface area contributed by atoms with Crippen LogP contribution in [0.5, 0.6) is 0 Å². The molecule has 1 aromatic rings. The van der Waals surface area contributed by atoms with Gasteiger partial charge >= 0.3 is 0 Å². The molecule has 0 aliphatic carbocycles. The molecule has 2 rings (SSSR count). The van der Waals surface area contributed by atoms with Gasteiger partial charge < -0.3 is 15.4 Å². The summed E-state index contributed by atoms with van der Waals surface area (Å²) in [5.74, 6) is 0.213. The number of benzene rings is 1. The van der Waals surface area contributed by atoms with Gasteiger partial charge in [0.2, 0.25) is 5.91 Å². The molecule has 1 heterocycles. The molecule has 1 aromatic carbocycles. The lowest BCUT2D eigenvalue weighted by Gasteiger charge is -2.26. The number of rotatable bonds is 4. The van der Waals surface area contributed by atoms with Gasteiger partial charge in [0.15, 0.2) is 0 Å². The van der Waals surface area contributed by atoms with Crippen molar-refractivity contribution in [3.05, 3.63) is 35.4 Å². The highest BCUT2D eigenvalue weighted by Crippen LogP contribution is 2.17. The van der Waals surface area contributed by atoms with Crippen molar-refractivity contribution >= 4 is 5.91 Å². The van der Waals surface area contributed by atoms with Gasteiger partial charge in [-0.15, -0.1) is 0 Å². The third kappa shape index (κ3) is 3.78. The van der Waals surface area contributed by atoms with Crippen molar-refractivity contribution in [3.63, 3.8) is 0 Å². The van der Waals surface area contributed by atoms with E-state index in [-0.39, 0.29) is 11.8 Å². The van der Waals surface area contributed by atoms with Crippen LogP contribution in [-0.4, -0.2) is 31.1 Å². The summed E-state index contributed by atoms with van der Waals surface area (Å²) in [6.45, 7) is 2.54. The van der Waals surface area contributed by atoms with Gasteiger partial charge in [0.25, 0.3) is 0 Å². The van der Waals surface area contributed by atoms with Crippen LogP contribution in [0.2, 0.25) is 0 Å². The molecule has 0 bridgehead atoms. The van der Waals surface area contributed by atoms with E-state index in [9.17, 15) is 4.79 Å². The van der Waals surface area contributed by atoms with Crippen LogP contribution in [0.1, 0.15) is 24.0 Å². The summed E-state index contributed by atoms with van der Waals surface area (Å²) in [4.78, 5) is 14.0. The molecule has 1 saturated heterocycles. The van der Waals surface area contributed by atoms with Crippen LogP contribution in [0.25, 0.3) is 0 Å². The normalized spacial score (nSPS) is 19.2. The fourth-order valence-corrected chi connectivity index (χ4v) is 2.38.